The van der Waals surface area contributed by atoms with Gasteiger partial charge in [-0.05, 0) is 29.9 Å². The highest BCUT2D eigenvalue weighted by Crippen LogP contribution is 2.01. The van der Waals surface area contributed by atoms with Gasteiger partial charge in [0.2, 0.25) is 0 Å². The number of carbonyl (C=O) groups is 1. The lowest BCUT2D eigenvalue weighted by molar-refractivity contribution is -0.110. The van der Waals surface area contributed by atoms with E-state index in [0.717, 1.165) is 5.56 Å². The van der Waals surface area contributed by atoms with E-state index >= 15 is 0 Å². The topological polar surface area (TPSA) is 42.9 Å². The summed E-state index contributed by atoms with van der Waals surface area (Å²) in [6.07, 6.45) is 9.62. The van der Waals surface area contributed by atoms with E-state index < -0.39 is 0 Å². The second-order valence-electron chi connectivity index (χ2n) is 3.59. The summed E-state index contributed by atoms with van der Waals surface area (Å²) < 4.78 is 0. The van der Waals surface area contributed by atoms with Gasteiger partial charge >= 0.3 is 0 Å². The first-order valence-electron chi connectivity index (χ1n) is 5.57. The molecule has 0 N–H and O–H groups in total. The van der Waals surface area contributed by atoms with Crippen molar-refractivity contribution in [3.63, 3.8) is 0 Å². The van der Waals surface area contributed by atoms with Crippen LogP contribution in [-0.4, -0.2) is 15.8 Å². The van der Waals surface area contributed by atoms with Gasteiger partial charge in [0, 0.05) is 12.4 Å². The number of halogens is 1. The molecule has 2 aromatic rings. The van der Waals surface area contributed by atoms with Gasteiger partial charge in [0.1, 0.15) is 0 Å². The molecule has 0 atom stereocenters. The minimum Gasteiger partial charge on any atom is -0.290 e. The van der Waals surface area contributed by atoms with E-state index in [9.17, 15) is 4.79 Å². The van der Waals surface area contributed by atoms with Gasteiger partial charge in [-0.25, -0.2) is 9.97 Å². The van der Waals surface area contributed by atoms with Gasteiger partial charge in [0.25, 0.3) is 0 Å². The average molecular weight is 273 g/mol. The summed E-state index contributed by atoms with van der Waals surface area (Å²) in [5, 5.41) is 0. The Labute approximate surface area is 118 Å². The monoisotopic (exact) mass is 272 g/mol. The smallest absolute Gasteiger partial charge is 0.178 e. The largest absolute Gasteiger partial charge is 0.290 e. The summed E-state index contributed by atoms with van der Waals surface area (Å²) in [5.41, 5.74) is 0.996. The molecule has 0 aliphatic heterocycles. The molecule has 0 unspecified atom stereocenters. The SMILES string of the molecule is Cl.O=C(C=Cc1ccccc1)C=Cc1ncccn1. The fraction of sp³-hybridized carbons (Fsp3) is 0. The maximum Gasteiger partial charge on any atom is 0.178 e. The predicted molar refractivity (Wildman–Crippen MR) is 78.8 cm³/mol. The van der Waals surface area contributed by atoms with Crippen molar-refractivity contribution in [2.75, 3.05) is 0 Å². The van der Waals surface area contributed by atoms with Gasteiger partial charge in [-0.3, -0.25) is 4.79 Å². The summed E-state index contributed by atoms with van der Waals surface area (Å²) in [6.45, 7) is 0. The molecular weight excluding hydrogens is 260 g/mol. The number of allylic oxidation sites excluding steroid dienone is 2. The van der Waals surface area contributed by atoms with Crippen LogP contribution >= 0.6 is 12.4 Å². The maximum absolute atomic E-state index is 11.6. The van der Waals surface area contributed by atoms with Crippen LogP contribution in [0.1, 0.15) is 11.4 Å². The second kappa shape index (κ2) is 7.95. The van der Waals surface area contributed by atoms with Gasteiger partial charge in [-0.1, -0.05) is 36.4 Å². The molecule has 1 heterocycles. The molecule has 0 aliphatic rings. The molecule has 0 fully saturated rings. The molecule has 1 aromatic carbocycles. The Bertz CT molecular complexity index is 514. The zero-order valence-electron chi connectivity index (χ0n) is 10.1. The number of hydrogen-bond donors (Lipinski definition) is 0. The van der Waals surface area contributed by atoms with Crippen molar-refractivity contribution in [3.8, 4) is 0 Å². The van der Waals surface area contributed by atoms with Crippen LogP contribution in [0.5, 0.6) is 0 Å². The van der Waals surface area contributed by atoms with E-state index in [1.807, 2.05) is 30.3 Å². The first-order chi connectivity index (χ1) is 8.84. The zero-order valence-corrected chi connectivity index (χ0v) is 11.0. The fourth-order valence-electron chi connectivity index (χ4n) is 1.35. The number of hydrogen-bond acceptors (Lipinski definition) is 3. The molecule has 0 saturated heterocycles. The molecule has 0 amide bonds. The highest BCUT2D eigenvalue weighted by Gasteiger charge is 1.91. The molecule has 2 rings (SSSR count). The Morgan fingerprint density at radius 1 is 0.895 bits per heavy atom. The van der Waals surface area contributed by atoms with E-state index in [2.05, 4.69) is 9.97 Å². The standard InChI is InChI=1S/C15H12N2O.ClH/c18-14(8-7-13-5-2-1-3-6-13)9-10-15-16-11-4-12-17-15;/h1-12H;1H. The van der Waals surface area contributed by atoms with Crippen LogP contribution in [0.4, 0.5) is 0 Å². The molecule has 96 valence electrons. The molecule has 19 heavy (non-hydrogen) atoms. The normalized spacial score (nSPS) is 10.5. The Hall–Kier alpha value is -2.26. The quantitative estimate of drug-likeness (QED) is 0.803. The molecule has 0 radical (unpaired) electrons. The fourth-order valence-corrected chi connectivity index (χ4v) is 1.35. The molecule has 1 aromatic heterocycles. The molecule has 0 aliphatic carbocycles. The highest BCUT2D eigenvalue weighted by molar-refractivity contribution is 6.04. The average Bonchev–Trinajstić information content (AvgIpc) is 2.45. The molecule has 3 nitrogen and oxygen atoms in total. The van der Waals surface area contributed by atoms with Crippen molar-refractivity contribution < 1.29 is 4.79 Å². The Kier molecular flexibility index (Phi) is 6.19. The lowest BCUT2D eigenvalue weighted by atomic mass is 10.2. The lowest BCUT2D eigenvalue weighted by Crippen LogP contribution is -1.88. The first kappa shape index (κ1) is 14.8. The molecule has 0 saturated carbocycles. The number of aromatic nitrogens is 2. The van der Waals surface area contributed by atoms with Crippen LogP contribution in [0.3, 0.4) is 0 Å². The molecular formula is C15H13ClN2O. The maximum atomic E-state index is 11.6. The van der Waals surface area contributed by atoms with Crippen molar-refractivity contribution in [3.05, 3.63) is 72.3 Å². The molecule has 4 heteroatoms. The Balaban J connectivity index is 0.00000180. The minimum atomic E-state index is -0.0914. The number of ketones is 1. The van der Waals surface area contributed by atoms with Crippen LogP contribution in [-0.2, 0) is 4.79 Å². The van der Waals surface area contributed by atoms with E-state index in [-0.39, 0.29) is 18.2 Å². The van der Waals surface area contributed by atoms with Gasteiger partial charge in [0.15, 0.2) is 11.6 Å². The first-order valence-corrected chi connectivity index (χ1v) is 5.57. The van der Waals surface area contributed by atoms with Crippen molar-refractivity contribution in [1.29, 1.82) is 0 Å². The third-order valence-corrected chi connectivity index (χ3v) is 2.22. The van der Waals surface area contributed by atoms with E-state index in [1.54, 1.807) is 30.6 Å². The summed E-state index contributed by atoms with van der Waals surface area (Å²) >= 11 is 0. The summed E-state index contributed by atoms with van der Waals surface area (Å²) in [5.74, 6) is 0.435. The number of nitrogens with zero attached hydrogens (tertiary/aromatic N) is 2. The summed E-state index contributed by atoms with van der Waals surface area (Å²) in [6, 6.07) is 11.4. The van der Waals surface area contributed by atoms with E-state index in [4.69, 9.17) is 0 Å². The van der Waals surface area contributed by atoms with Gasteiger partial charge in [0.05, 0.1) is 0 Å². The van der Waals surface area contributed by atoms with Crippen molar-refractivity contribution in [2.24, 2.45) is 0 Å². The van der Waals surface area contributed by atoms with Crippen molar-refractivity contribution in [2.45, 2.75) is 0 Å². The second-order valence-corrected chi connectivity index (χ2v) is 3.59. The zero-order chi connectivity index (χ0) is 12.6. The number of benzene rings is 1. The van der Waals surface area contributed by atoms with Crippen molar-refractivity contribution in [1.82, 2.24) is 9.97 Å². The third-order valence-electron chi connectivity index (χ3n) is 2.22. The van der Waals surface area contributed by atoms with Gasteiger partial charge in [-0.2, -0.15) is 0 Å². The number of carbonyl (C=O) groups excluding carboxylic acids is 1. The Morgan fingerprint density at radius 3 is 2.21 bits per heavy atom. The van der Waals surface area contributed by atoms with Crippen molar-refractivity contribution >= 4 is 30.3 Å². The summed E-state index contributed by atoms with van der Waals surface area (Å²) in [4.78, 5) is 19.6. The molecule has 0 bridgehead atoms. The number of rotatable bonds is 4. The van der Waals surface area contributed by atoms with E-state index in [1.165, 1.54) is 12.2 Å². The van der Waals surface area contributed by atoms with Crippen LogP contribution in [0.2, 0.25) is 0 Å². The minimum absolute atomic E-state index is 0. The van der Waals surface area contributed by atoms with Gasteiger partial charge in [-0.15, -0.1) is 12.4 Å². The third kappa shape index (κ3) is 5.27. The van der Waals surface area contributed by atoms with E-state index in [0.29, 0.717) is 5.82 Å². The van der Waals surface area contributed by atoms with Gasteiger partial charge < -0.3 is 0 Å². The van der Waals surface area contributed by atoms with Crippen LogP contribution in [0, 0.1) is 0 Å². The lowest BCUT2D eigenvalue weighted by Gasteiger charge is -1.90. The van der Waals surface area contributed by atoms with Crippen LogP contribution in [0.25, 0.3) is 12.2 Å². The molecule has 0 spiro atoms. The van der Waals surface area contributed by atoms with Crippen LogP contribution in [0.15, 0.2) is 60.9 Å². The Morgan fingerprint density at radius 2 is 1.53 bits per heavy atom. The highest BCUT2D eigenvalue weighted by atomic mass is 35.5. The summed E-state index contributed by atoms with van der Waals surface area (Å²) in [7, 11) is 0. The van der Waals surface area contributed by atoms with Crippen LogP contribution < -0.4 is 0 Å². The predicted octanol–water partition coefficient (Wildman–Crippen LogP) is 3.19.